The predicted molar refractivity (Wildman–Crippen MR) is 76.7 cm³/mol. The topological polar surface area (TPSA) is 102 Å². The van der Waals surface area contributed by atoms with E-state index in [1.54, 1.807) is 4.68 Å². The molecule has 0 aliphatic heterocycles. The first kappa shape index (κ1) is 14.3. The molecule has 0 bridgehead atoms. The number of nitrogens with zero attached hydrogens (tertiary/aromatic N) is 4. The van der Waals surface area contributed by atoms with Crippen molar-refractivity contribution in [3.63, 3.8) is 0 Å². The maximum atomic E-state index is 12.0. The van der Waals surface area contributed by atoms with E-state index >= 15 is 0 Å². The van der Waals surface area contributed by atoms with Gasteiger partial charge < -0.3 is 10.4 Å². The minimum Gasteiger partial charge on any atom is -0.477 e. The zero-order valence-corrected chi connectivity index (χ0v) is 12.2. The van der Waals surface area contributed by atoms with E-state index in [4.69, 9.17) is 5.11 Å². The average molecular weight is 303 g/mol. The number of amides is 1. The molecule has 1 saturated carbocycles. The van der Waals surface area contributed by atoms with Crippen LogP contribution in [0.5, 0.6) is 0 Å². The zero-order valence-electron chi connectivity index (χ0n) is 12.2. The molecule has 0 aromatic carbocycles. The Morgan fingerprint density at radius 1 is 1.45 bits per heavy atom. The molecule has 2 heterocycles. The van der Waals surface area contributed by atoms with Crippen molar-refractivity contribution in [1.29, 1.82) is 0 Å². The molecule has 2 aromatic rings. The summed E-state index contributed by atoms with van der Waals surface area (Å²) < 4.78 is 2.96. The van der Waals surface area contributed by atoms with E-state index in [9.17, 15) is 9.59 Å². The molecule has 8 nitrogen and oxygen atoms in total. The molecule has 3 rings (SSSR count). The van der Waals surface area contributed by atoms with Gasteiger partial charge in [0.15, 0.2) is 5.69 Å². The van der Waals surface area contributed by atoms with Crippen molar-refractivity contribution < 1.29 is 14.7 Å². The highest BCUT2D eigenvalue weighted by Gasteiger charge is 2.25. The summed E-state index contributed by atoms with van der Waals surface area (Å²) in [5.74, 6) is -1.02. The molecule has 0 radical (unpaired) electrons. The van der Waals surface area contributed by atoms with Crippen molar-refractivity contribution in [1.82, 2.24) is 24.9 Å². The quantitative estimate of drug-likeness (QED) is 0.814. The molecule has 2 N–H and O–H groups in total. The summed E-state index contributed by atoms with van der Waals surface area (Å²) in [6, 6.07) is 2.00. The van der Waals surface area contributed by atoms with Gasteiger partial charge in [0.2, 0.25) is 0 Å². The number of hydrogen-bond acceptors (Lipinski definition) is 4. The Morgan fingerprint density at radius 2 is 2.23 bits per heavy atom. The first-order valence-electron chi connectivity index (χ1n) is 7.13. The summed E-state index contributed by atoms with van der Waals surface area (Å²) in [7, 11) is 1.49. The van der Waals surface area contributed by atoms with Crippen LogP contribution < -0.4 is 5.32 Å². The van der Waals surface area contributed by atoms with Crippen LogP contribution in [0.25, 0.3) is 0 Å². The number of carbonyl (C=O) groups is 2. The fourth-order valence-electron chi connectivity index (χ4n) is 2.34. The number of rotatable bonds is 6. The number of aromatic carboxylic acids is 1. The largest absolute Gasteiger partial charge is 0.477 e. The highest BCUT2D eigenvalue weighted by molar-refractivity contribution is 6.03. The number of aromatic nitrogens is 4. The molecule has 116 valence electrons. The van der Waals surface area contributed by atoms with Gasteiger partial charge in [0.25, 0.3) is 5.91 Å². The van der Waals surface area contributed by atoms with Crippen molar-refractivity contribution >= 4 is 11.9 Å². The predicted octanol–water partition coefficient (Wildman–Crippen LogP) is 0.622. The Balaban J connectivity index is 1.56. The van der Waals surface area contributed by atoms with Gasteiger partial charge >= 0.3 is 5.97 Å². The fraction of sp³-hybridized carbons (Fsp3) is 0.429. The third kappa shape index (κ3) is 2.85. The van der Waals surface area contributed by atoms with Gasteiger partial charge in [-0.1, -0.05) is 0 Å². The van der Waals surface area contributed by atoms with E-state index in [-0.39, 0.29) is 11.3 Å². The zero-order chi connectivity index (χ0) is 15.7. The maximum absolute atomic E-state index is 12.0. The number of carboxylic acid groups (broad SMARTS) is 1. The second kappa shape index (κ2) is 5.63. The molecule has 22 heavy (non-hydrogen) atoms. The molecule has 1 aliphatic rings. The lowest BCUT2D eigenvalue weighted by atomic mass is 10.2. The first-order valence-corrected chi connectivity index (χ1v) is 7.13. The smallest absolute Gasteiger partial charge is 0.354 e. The molecule has 1 amide bonds. The van der Waals surface area contributed by atoms with Gasteiger partial charge in [-0.25, -0.2) is 4.79 Å². The van der Waals surface area contributed by atoms with Crippen LogP contribution in [0.2, 0.25) is 0 Å². The second-order valence-corrected chi connectivity index (χ2v) is 5.37. The van der Waals surface area contributed by atoms with Crippen LogP contribution in [0.4, 0.5) is 0 Å². The summed E-state index contributed by atoms with van der Waals surface area (Å²) in [6.45, 7) is 0.916. The Kier molecular flexibility index (Phi) is 3.66. The number of carboxylic acids is 1. The SMILES string of the molecule is Cn1ncc(C(=O)NCCn2ccc(C3CC3)n2)c1C(=O)O. The summed E-state index contributed by atoms with van der Waals surface area (Å²) in [6.07, 6.45) is 5.56. The number of aryl methyl sites for hydroxylation is 1. The van der Waals surface area contributed by atoms with Crippen molar-refractivity contribution in [3.8, 4) is 0 Å². The Bertz CT molecular complexity index is 714. The summed E-state index contributed by atoms with van der Waals surface area (Å²) >= 11 is 0. The van der Waals surface area contributed by atoms with Crippen LogP contribution in [0.1, 0.15) is 45.3 Å². The van der Waals surface area contributed by atoms with Gasteiger partial charge in [-0.15, -0.1) is 0 Å². The minimum atomic E-state index is -1.17. The first-order chi connectivity index (χ1) is 10.6. The van der Waals surface area contributed by atoms with Crippen LogP contribution in [-0.4, -0.2) is 43.1 Å². The molecule has 0 spiro atoms. The van der Waals surface area contributed by atoms with Crippen molar-refractivity contribution in [3.05, 3.63) is 35.4 Å². The minimum absolute atomic E-state index is 0.0640. The second-order valence-electron chi connectivity index (χ2n) is 5.37. The van der Waals surface area contributed by atoms with Gasteiger partial charge in [-0.05, 0) is 18.9 Å². The molecule has 0 unspecified atom stereocenters. The van der Waals surface area contributed by atoms with E-state index < -0.39 is 11.9 Å². The van der Waals surface area contributed by atoms with Gasteiger partial charge in [0, 0.05) is 25.7 Å². The number of carbonyl (C=O) groups excluding carboxylic acids is 1. The van der Waals surface area contributed by atoms with Gasteiger partial charge in [0.1, 0.15) is 0 Å². The molecule has 1 fully saturated rings. The van der Waals surface area contributed by atoms with E-state index in [0.29, 0.717) is 19.0 Å². The van der Waals surface area contributed by atoms with E-state index in [2.05, 4.69) is 15.5 Å². The molecule has 0 atom stereocenters. The van der Waals surface area contributed by atoms with Crippen molar-refractivity contribution in [2.75, 3.05) is 6.54 Å². The standard InChI is InChI=1S/C14H17N5O3/c1-18-12(14(21)22)10(8-16-18)13(20)15-5-7-19-6-4-11(17-19)9-2-3-9/h4,6,8-9H,2-3,5,7H2,1H3,(H,15,20)(H,21,22). The Hall–Kier alpha value is -2.64. The average Bonchev–Trinajstić information content (AvgIpc) is 3.09. The van der Waals surface area contributed by atoms with E-state index in [1.807, 2.05) is 12.3 Å². The monoisotopic (exact) mass is 303 g/mol. The van der Waals surface area contributed by atoms with Gasteiger partial charge in [0.05, 0.1) is 24.0 Å². The van der Waals surface area contributed by atoms with Gasteiger partial charge in [-0.2, -0.15) is 10.2 Å². The lowest BCUT2D eigenvalue weighted by Crippen LogP contribution is -2.28. The summed E-state index contributed by atoms with van der Waals surface area (Å²) in [4.78, 5) is 23.2. The number of nitrogens with one attached hydrogen (secondary N) is 1. The van der Waals surface area contributed by atoms with Crippen molar-refractivity contribution in [2.45, 2.75) is 25.3 Å². The molecule has 8 heteroatoms. The highest BCUT2D eigenvalue weighted by Crippen LogP contribution is 2.38. The maximum Gasteiger partial charge on any atom is 0.354 e. The Labute approximate surface area is 126 Å². The molecular formula is C14H17N5O3. The third-order valence-corrected chi connectivity index (χ3v) is 3.67. The normalized spacial score (nSPS) is 14.0. The lowest BCUT2D eigenvalue weighted by molar-refractivity contribution is 0.0679. The van der Waals surface area contributed by atoms with Crippen LogP contribution in [0.3, 0.4) is 0 Å². The molecule has 2 aromatic heterocycles. The van der Waals surface area contributed by atoms with Crippen LogP contribution in [-0.2, 0) is 13.6 Å². The fourth-order valence-corrected chi connectivity index (χ4v) is 2.34. The molecule has 1 aliphatic carbocycles. The Morgan fingerprint density at radius 3 is 2.91 bits per heavy atom. The van der Waals surface area contributed by atoms with Crippen molar-refractivity contribution in [2.24, 2.45) is 7.05 Å². The molecule has 0 saturated heterocycles. The number of hydrogen-bond donors (Lipinski definition) is 2. The van der Waals surface area contributed by atoms with Crippen LogP contribution in [0.15, 0.2) is 18.5 Å². The van der Waals surface area contributed by atoms with E-state index in [1.165, 1.54) is 30.8 Å². The summed E-state index contributed by atoms with van der Waals surface area (Å²) in [5, 5.41) is 20.0. The van der Waals surface area contributed by atoms with E-state index in [0.717, 1.165) is 5.69 Å². The van der Waals surface area contributed by atoms with Crippen LogP contribution in [0, 0.1) is 0 Å². The lowest BCUT2D eigenvalue weighted by Gasteiger charge is -2.05. The summed E-state index contributed by atoms with van der Waals surface area (Å²) in [5.41, 5.74) is 1.05. The third-order valence-electron chi connectivity index (χ3n) is 3.67. The highest BCUT2D eigenvalue weighted by atomic mass is 16.4. The van der Waals surface area contributed by atoms with Crippen LogP contribution >= 0.6 is 0 Å². The molecular weight excluding hydrogens is 286 g/mol. The van der Waals surface area contributed by atoms with Gasteiger partial charge in [-0.3, -0.25) is 14.2 Å².